The van der Waals surface area contributed by atoms with Gasteiger partial charge < -0.3 is 14.0 Å². The molecule has 0 amide bonds. The average molecular weight is 813 g/mol. The number of hydrogen-bond acceptors (Lipinski definition) is 3. The predicted octanol–water partition coefficient (Wildman–Crippen LogP) is 11.5. The van der Waals surface area contributed by atoms with Crippen LogP contribution in [0.3, 0.4) is 0 Å². The number of para-hydroxylation sites is 3. The first kappa shape index (κ1) is 31.0. The number of aryl methyl sites for hydroxylation is 1. The second-order valence-corrected chi connectivity index (χ2v) is 13.1. The van der Waals surface area contributed by atoms with Gasteiger partial charge in [-0.1, -0.05) is 113 Å². The summed E-state index contributed by atoms with van der Waals surface area (Å²) < 4.78 is 30.0. The molecule has 0 spiro atoms. The molecule has 5 heteroatoms. The van der Waals surface area contributed by atoms with Crippen molar-refractivity contribution in [2.24, 2.45) is 5.92 Å². The Kier molecular flexibility index (Phi) is 9.86. The third-order valence-corrected chi connectivity index (χ3v) is 8.32. The van der Waals surface area contributed by atoms with Crippen LogP contribution >= 0.6 is 0 Å². The van der Waals surface area contributed by atoms with E-state index in [0.29, 0.717) is 17.8 Å². The quantitative estimate of drug-likeness (QED) is 0.151. The molecule has 0 atom stereocenters. The maximum absolute atomic E-state index is 7.23. The van der Waals surface area contributed by atoms with Crippen LogP contribution in [-0.4, -0.2) is 14.5 Å². The van der Waals surface area contributed by atoms with Crippen molar-refractivity contribution in [3.8, 4) is 28.3 Å². The van der Waals surface area contributed by atoms with Gasteiger partial charge in [0.1, 0.15) is 0 Å². The minimum absolute atomic E-state index is 0. The SMILES string of the molecule is CC(C)Cc1ccc2c(-c3nc4ccccc4n3-c3c(C(C)C)cccc3C(C)C)[c-]oc2c1.[2H]C([2H])([2H])c1ccc(-c2[c-]cccc2)nc1.[Ir]. The molecule has 48 heavy (non-hydrogen) atoms. The molecule has 1 radical (unpaired) electrons. The number of imidazole rings is 1. The third kappa shape index (κ3) is 7.38. The molecule has 0 aliphatic rings. The molecule has 0 aliphatic heterocycles. The zero-order valence-corrected chi connectivity index (χ0v) is 30.7. The molecule has 0 bridgehead atoms. The molecule has 3 heterocycles. The van der Waals surface area contributed by atoms with E-state index in [1.807, 2.05) is 18.2 Å². The first-order chi connectivity index (χ1) is 23.9. The van der Waals surface area contributed by atoms with Crippen LogP contribution in [0.15, 0.2) is 108 Å². The summed E-state index contributed by atoms with van der Waals surface area (Å²) in [5, 5.41) is 1.05. The van der Waals surface area contributed by atoms with Gasteiger partial charge in [0.25, 0.3) is 0 Å². The summed E-state index contributed by atoms with van der Waals surface area (Å²) in [5.41, 5.74) is 10.9. The molecule has 4 aromatic carbocycles. The minimum Gasteiger partial charge on any atom is -0.557 e. The summed E-state index contributed by atoms with van der Waals surface area (Å²) in [6.07, 6.45) is 5.64. The Morgan fingerprint density at radius 3 is 2.23 bits per heavy atom. The van der Waals surface area contributed by atoms with E-state index >= 15 is 0 Å². The maximum atomic E-state index is 7.23. The Hall–Kier alpha value is -4.31. The minimum atomic E-state index is -2.09. The monoisotopic (exact) mass is 813 g/mol. The molecule has 0 fully saturated rings. The van der Waals surface area contributed by atoms with Gasteiger partial charge in [0.2, 0.25) is 0 Å². The van der Waals surface area contributed by atoms with Crippen molar-refractivity contribution in [3.05, 3.63) is 138 Å². The van der Waals surface area contributed by atoms with Crippen LogP contribution in [0.25, 0.3) is 50.3 Å². The normalized spacial score (nSPS) is 12.5. The van der Waals surface area contributed by atoms with Crippen molar-refractivity contribution in [3.63, 3.8) is 0 Å². The van der Waals surface area contributed by atoms with Crippen molar-refractivity contribution in [1.82, 2.24) is 14.5 Å². The second kappa shape index (κ2) is 15.3. The number of furan rings is 1. The number of fused-ring (bicyclic) bond motifs is 2. The van der Waals surface area contributed by atoms with Gasteiger partial charge in [-0.3, -0.25) is 4.98 Å². The van der Waals surface area contributed by atoms with Gasteiger partial charge in [0.05, 0.1) is 16.9 Å². The van der Waals surface area contributed by atoms with E-state index in [0.717, 1.165) is 51.1 Å². The van der Waals surface area contributed by atoms with Crippen LogP contribution in [0.5, 0.6) is 0 Å². The third-order valence-electron chi connectivity index (χ3n) is 8.32. The van der Waals surface area contributed by atoms with Crippen molar-refractivity contribution in [2.45, 2.75) is 66.7 Å². The number of hydrogen-bond donors (Lipinski definition) is 0. The number of nitrogens with zero attached hydrogens (tertiary/aromatic N) is 3. The van der Waals surface area contributed by atoms with Crippen molar-refractivity contribution >= 4 is 22.0 Å². The smallest absolute Gasteiger partial charge is 0.0774 e. The second-order valence-electron chi connectivity index (χ2n) is 13.1. The summed E-state index contributed by atoms with van der Waals surface area (Å²) in [6, 6.07) is 35.4. The summed E-state index contributed by atoms with van der Waals surface area (Å²) in [7, 11) is 0. The van der Waals surface area contributed by atoms with Gasteiger partial charge in [0.15, 0.2) is 0 Å². The zero-order valence-electron chi connectivity index (χ0n) is 31.3. The molecule has 7 rings (SSSR count). The van der Waals surface area contributed by atoms with E-state index in [1.165, 1.54) is 28.6 Å². The molecule has 4 nitrogen and oxygen atoms in total. The number of rotatable bonds is 7. The molecular formula is C43H43IrN3O-2. The first-order valence-electron chi connectivity index (χ1n) is 17.9. The van der Waals surface area contributed by atoms with Crippen LogP contribution in [0, 0.1) is 25.1 Å². The molecule has 0 N–H and O–H groups in total. The van der Waals surface area contributed by atoms with Gasteiger partial charge in [-0.2, -0.15) is 0 Å². The van der Waals surface area contributed by atoms with E-state index in [4.69, 9.17) is 13.5 Å². The largest absolute Gasteiger partial charge is 0.557 e. The number of pyridine rings is 1. The van der Waals surface area contributed by atoms with E-state index in [-0.39, 0.29) is 25.7 Å². The Labute approximate surface area is 302 Å². The van der Waals surface area contributed by atoms with Crippen LogP contribution in [0.1, 0.15) is 79.7 Å². The number of aromatic nitrogens is 3. The molecule has 0 saturated carbocycles. The molecule has 247 valence electrons. The van der Waals surface area contributed by atoms with Crippen LogP contribution in [0.2, 0.25) is 0 Å². The molecule has 0 unspecified atom stereocenters. The fourth-order valence-electron chi connectivity index (χ4n) is 6.08. The standard InChI is InChI=1S/C31H33N2O.C12H10N.Ir/c1-19(2)16-22-14-15-25-26(18-34-29(25)17-22)31-32-27-12-7-8-13-28(27)33(31)30-23(20(3)4)10-9-11-24(30)21(5)6;1-10-7-8-12(13-9-10)11-5-3-2-4-6-11;/h7-15,17,19-21H,16H2,1-6H3;2-5,7-9H,1H3;/q2*-1;/i;1D3;. The Morgan fingerprint density at radius 1 is 0.833 bits per heavy atom. The number of benzene rings is 4. The van der Waals surface area contributed by atoms with Crippen LogP contribution in [-0.2, 0) is 26.5 Å². The summed E-state index contributed by atoms with van der Waals surface area (Å²) in [6.45, 7) is 11.4. The average Bonchev–Trinajstić information content (AvgIpc) is 3.69. The van der Waals surface area contributed by atoms with Gasteiger partial charge in [0, 0.05) is 47.9 Å². The summed E-state index contributed by atoms with van der Waals surface area (Å²) in [5.74, 6) is 2.24. The Bertz CT molecular complexity index is 2190. The van der Waals surface area contributed by atoms with Gasteiger partial charge >= 0.3 is 0 Å². The van der Waals surface area contributed by atoms with E-state index < -0.39 is 6.85 Å². The fraction of sp³-hybridized carbons (Fsp3) is 0.256. The zero-order chi connectivity index (χ0) is 35.6. The van der Waals surface area contributed by atoms with Crippen molar-refractivity contribution < 1.29 is 28.6 Å². The van der Waals surface area contributed by atoms with Crippen molar-refractivity contribution in [2.75, 3.05) is 0 Å². The van der Waals surface area contributed by atoms with Gasteiger partial charge in [-0.05, 0) is 65.5 Å². The first-order valence-corrected chi connectivity index (χ1v) is 16.4. The molecule has 3 aromatic heterocycles. The fourth-order valence-corrected chi connectivity index (χ4v) is 6.08. The van der Waals surface area contributed by atoms with Crippen LogP contribution in [0.4, 0.5) is 0 Å². The molecule has 7 aromatic rings. The Morgan fingerprint density at radius 2 is 1.58 bits per heavy atom. The van der Waals surface area contributed by atoms with E-state index in [2.05, 4.69) is 124 Å². The van der Waals surface area contributed by atoms with Crippen molar-refractivity contribution in [1.29, 1.82) is 0 Å². The Balaban J connectivity index is 0.000000249. The summed E-state index contributed by atoms with van der Waals surface area (Å²) in [4.78, 5) is 9.25. The van der Waals surface area contributed by atoms with Gasteiger partial charge in [-0.15, -0.1) is 42.0 Å². The van der Waals surface area contributed by atoms with Crippen LogP contribution < -0.4 is 0 Å². The predicted molar refractivity (Wildman–Crippen MR) is 195 cm³/mol. The van der Waals surface area contributed by atoms with E-state index in [1.54, 1.807) is 18.2 Å². The maximum Gasteiger partial charge on any atom is 0.0774 e. The summed E-state index contributed by atoms with van der Waals surface area (Å²) >= 11 is 0. The molecule has 0 saturated heterocycles. The molecule has 0 aliphatic carbocycles. The topological polar surface area (TPSA) is 43.9 Å². The molecular weight excluding hydrogens is 767 g/mol. The van der Waals surface area contributed by atoms with E-state index in [9.17, 15) is 0 Å². The van der Waals surface area contributed by atoms with Gasteiger partial charge in [-0.25, -0.2) is 0 Å².